The first-order valence-electron chi connectivity index (χ1n) is 8.35. The number of imidazole rings is 1. The zero-order valence-corrected chi connectivity index (χ0v) is 13.6. The first kappa shape index (κ1) is 15.4. The SMILES string of the molecule is O=C(NC1CCCC1n1ccnc1)c1nn(-c2ccccc2)cc1O. The van der Waals surface area contributed by atoms with Crippen LogP contribution in [0.1, 0.15) is 35.8 Å². The highest BCUT2D eigenvalue weighted by Crippen LogP contribution is 2.30. The predicted molar refractivity (Wildman–Crippen MR) is 91.6 cm³/mol. The van der Waals surface area contributed by atoms with Gasteiger partial charge in [-0.2, -0.15) is 5.10 Å². The van der Waals surface area contributed by atoms with Crippen LogP contribution in [0.2, 0.25) is 0 Å². The van der Waals surface area contributed by atoms with E-state index in [1.807, 2.05) is 41.1 Å². The maximum Gasteiger partial charge on any atom is 0.275 e. The van der Waals surface area contributed by atoms with E-state index < -0.39 is 0 Å². The van der Waals surface area contributed by atoms with Crippen LogP contribution in [0.3, 0.4) is 0 Å². The van der Waals surface area contributed by atoms with E-state index in [1.165, 1.54) is 10.9 Å². The number of carbonyl (C=O) groups is 1. The molecule has 0 saturated heterocycles. The lowest BCUT2D eigenvalue weighted by atomic mass is 10.1. The number of hydrogen-bond donors (Lipinski definition) is 2. The van der Waals surface area contributed by atoms with Crippen molar-refractivity contribution in [2.75, 3.05) is 0 Å². The molecule has 1 saturated carbocycles. The van der Waals surface area contributed by atoms with E-state index in [1.54, 1.807) is 12.5 Å². The molecule has 0 radical (unpaired) electrons. The van der Waals surface area contributed by atoms with Gasteiger partial charge in [0.15, 0.2) is 11.4 Å². The second-order valence-corrected chi connectivity index (χ2v) is 6.23. The lowest BCUT2D eigenvalue weighted by Crippen LogP contribution is -2.38. The summed E-state index contributed by atoms with van der Waals surface area (Å²) >= 11 is 0. The van der Waals surface area contributed by atoms with Gasteiger partial charge in [-0.3, -0.25) is 4.79 Å². The molecule has 1 aliphatic carbocycles. The molecule has 2 heterocycles. The lowest BCUT2D eigenvalue weighted by Gasteiger charge is -2.21. The van der Waals surface area contributed by atoms with Gasteiger partial charge in [0.25, 0.3) is 5.91 Å². The number of rotatable bonds is 4. The van der Waals surface area contributed by atoms with Gasteiger partial charge in [-0.1, -0.05) is 18.2 Å². The van der Waals surface area contributed by atoms with Crippen molar-refractivity contribution in [3.05, 3.63) is 60.9 Å². The van der Waals surface area contributed by atoms with Crippen LogP contribution in [-0.2, 0) is 0 Å². The van der Waals surface area contributed by atoms with E-state index in [4.69, 9.17) is 0 Å². The Balaban J connectivity index is 1.52. The predicted octanol–water partition coefficient (Wildman–Crippen LogP) is 2.30. The summed E-state index contributed by atoms with van der Waals surface area (Å²) in [5.41, 5.74) is 0.828. The molecule has 7 heteroatoms. The third kappa shape index (κ3) is 3.00. The standard InChI is InChI=1S/C18H19N5O2/c24-16-11-23(13-5-2-1-3-6-13)21-17(16)18(25)20-14-7-4-8-15(14)22-10-9-19-12-22/h1-3,5-6,9-12,14-15,24H,4,7-8H2,(H,20,25). The van der Waals surface area contributed by atoms with Crippen molar-refractivity contribution in [3.63, 3.8) is 0 Å². The van der Waals surface area contributed by atoms with Crippen LogP contribution in [0, 0.1) is 0 Å². The number of hydrogen-bond acceptors (Lipinski definition) is 4. The molecule has 25 heavy (non-hydrogen) atoms. The molecule has 2 unspecified atom stereocenters. The minimum atomic E-state index is -0.357. The van der Waals surface area contributed by atoms with Crippen molar-refractivity contribution in [2.24, 2.45) is 0 Å². The molecule has 2 atom stereocenters. The van der Waals surface area contributed by atoms with Gasteiger partial charge < -0.3 is 15.0 Å². The molecular formula is C18H19N5O2. The Morgan fingerprint density at radius 1 is 1.24 bits per heavy atom. The Bertz CT molecular complexity index is 857. The second kappa shape index (κ2) is 6.43. The minimum absolute atomic E-state index is 0.00275. The van der Waals surface area contributed by atoms with E-state index in [0.29, 0.717) is 0 Å². The molecule has 128 valence electrons. The van der Waals surface area contributed by atoms with Crippen molar-refractivity contribution in [1.82, 2.24) is 24.6 Å². The van der Waals surface area contributed by atoms with Gasteiger partial charge in [0.05, 0.1) is 24.3 Å². The monoisotopic (exact) mass is 337 g/mol. The third-order valence-electron chi connectivity index (χ3n) is 4.63. The minimum Gasteiger partial charge on any atom is -0.504 e. The van der Waals surface area contributed by atoms with Crippen LogP contribution < -0.4 is 5.32 Å². The van der Waals surface area contributed by atoms with Gasteiger partial charge in [0.2, 0.25) is 0 Å². The summed E-state index contributed by atoms with van der Waals surface area (Å²) in [6.45, 7) is 0. The lowest BCUT2D eigenvalue weighted by molar-refractivity contribution is 0.0920. The molecule has 2 aromatic heterocycles. The normalized spacial score (nSPS) is 19.8. The molecular weight excluding hydrogens is 318 g/mol. The molecule has 4 rings (SSSR count). The van der Waals surface area contributed by atoms with Gasteiger partial charge in [-0.15, -0.1) is 0 Å². The van der Waals surface area contributed by atoms with Crippen molar-refractivity contribution in [1.29, 1.82) is 0 Å². The zero-order valence-electron chi connectivity index (χ0n) is 13.6. The highest BCUT2D eigenvalue weighted by Gasteiger charge is 2.31. The highest BCUT2D eigenvalue weighted by atomic mass is 16.3. The fourth-order valence-electron chi connectivity index (χ4n) is 3.41. The van der Waals surface area contributed by atoms with Crippen molar-refractivity contribution in [2.45, 2.75) is 31.3 Å². The average molecular weight is 337 g/mol. The average Bonchev–Trinajstić information content (AvgIpc) is 3.35. The quantitative estimate of drug-likeness (QED) is 0.765. The fraction of sp³-hybridized carbons (Fsp3) is 0.278. The number of para-hydroxylation sites is 1. The maximum atomic E-state index is 12.6. The summed E-state index contributed by atoms with van der Waals surface area (Å²) in [6.07, 6.45) is 9.81. The number of nitrogens with one attached hydrogen (secondary N) is 1. The summed E-state index contributed by atoms with van der Waals surface area (Å²) in [5.74, 6) is -0.484. The Kier molecular flexibility index (Phi) is 3.97. The first-order valence-corrected chi connectivity index (χ1v) is 8.35. The molecule has 1 aromatic carbocycles. The highest BCUT2D eigenvalue weighted by molar-refractivity contribution is 5.95. The maximum absolute atomic E-state index is 12.6. The van der Waals surface area contributed by atoms with Crippen LogP contribution in [0.4, 0.5) is 0 Å². The topological polar surface area (TPSA) is 85.0 Å². The first-order chi connectivity index (χ1) is 12.2. The smallest absolute Gasteiger partial charge is 0.275 e. The van der Waals surface area contributed by atoms with Crippen molar-refractivity contribution >= 4 is 5.91 Å². The number of benzene rings is 1. The largest absolute Gasteiger partial charge is 0.504 e. The molecule has 1 amide bonds. The Hall–Kier alpha value is -3.09. The van der Waals surface area contributed by atoms with E-state index in [9.17, 15) is 9.90 Å². The van der Waals surface area contributed by atoms with E-state index in [-0.39, 0.29) is 29.4 Å². The van der Waals surface area contributed by atoms with Crippen molar-refractivity contribution < 1.29 is 9.90 Å². The summed E-state index contributed by atoms with van der Waals surface area (Å²) in [7, 11) is 0. The molecule has 1 aliphatic rings. The van der Waals surface area contributed by atoms with Crippen LogP contribution in [0.15, 0.2) is 55.2 Å². The summed E-state index contributed by atoms with van der Waals surface area (Å²) < 4.78 is 3.53. The van der Waals surface area contributed by atoms with Crippen LogP contribution in [-0.4, -0.2) is 36.4 Å². The summed E-state index contributed by atoms with van der Waals surface area (Å²) in [4.78, 5) is 16.7. The fourth-order valence-corrected chi connectivity index (χ4v) is 3.41. The Morgan fingerprint density at radius 3 is 2.84 bits per heavy atom. The molecule has 1 fully saturated rings. The molecule has 0 aliphatic heterocycles. The number of nitrogens with zero attached hydrogens (tertiary/aromatic N) is 4. The Morgan fingerprint density at radius 2 is 2.08 bits per heavy atom. The van der Waals surface area contributed by atoms with E-state index >= 15 is 0 Å². The van der Waals surface area contributed by atoms with Gasteiger partial charge >= 0.3 is 0 Å². The Labute approximate surface area is 144 Å². The molecule has 3 aromatic rings. The number of aromatic nitrogens is 4. The van der Waals surface area contributed by atoms with Crippen LogP contribution >= 0.6 is 0 Å². The number of carbonyl (C=O) groups excluding carboxylic acids is 1. The molecule has 7 nitrogen and oxygen atoms in total. The number of aromatic hydroxyl groups is 1. The van der Waals surface area contributed by atoms with E-state index in [0.717, 1.165) is 24.9 Å². The van der Waals surface area contributed by atoms with E-state index in [2.05, 4.69) is 15.4 Å². The molecule has 0 spiro atoms. The molecule has 2 N–H and O–H groups in total. The second-order valence-electron chi connectivity index (χ2n) is 6.23. The zero-order chi connectivity index (χ0) is 17.2. The summed E-state index contributed by atoms with van der Waals surface area (Å²) in [6, 6.07) is 9.56. The van der Waals surface area contributed by atoms with Crippen LogP contribution in [0.25, 0.3) is 5.69 Å². The van der Waals surface area contributed by atoms with Crippen LogP contribution in [0.5, 0.6) is 5.75 Å². The van der Waals surface area contributed by atoms with Gasteiger partial charge in [0, 0.05) is 18.4 Å². The van der Waals surface area contributed by atoms with Gasteiger partial charge in [0.1, 0.15) is 0 Å². The van der Waals surface area contributed by atoms with Gasteiger partial charge in [-0.25, -0.2) is 9.67 Å². The summed E-state index contributed by atoms with van der Waals surface area (Å²) in [5, 5.41) is 17.4. The number of amides is 1. The van der Waals surface area contributed by atoms with Crippen molar-refractivity contribution in [3.8, 4) is 11.4 Å². The van der Waals surface area contributed by atoms with Gasteiger partial charge in [-0.05, 0) is 31.4 Å². The third-order valence-corrected chi connectivity index (χ3v) is 4.63. The molecule has 0 bridgehead atoms.